The third-order valence-electron chi connectivity index (χ3n) is 8.63. The van der Waals surface area contributed by atoms with Gasteiger partial charge >= 0.3 is 0 Å². The first-order valence-electron chi connectivity index (χ1n) is 15.4. The molecule has 0 aliphatic heterocycles. The van der Waals surface area contributed by atoms with Gasteiger partial charge in [-0.3, -0.25) is 4.98 Å². The second-order valence-electron chi connectivity index (χ2n) is 11.3. The molecule has 4 aromatic heterocycles. The van der Waals surface area contributed by atoms with E-state index in [1.807, 2.05) is 48.5 Å². The predicted molar refractivity (Wildman–Crippen MR) is 189 cm³/mol. The van der Waals surface area contributed by atoms with Crippen LogP contribution in [0.4, 0.5) is 0 Å². The van der Waals surface area contributed by atoms with Crippen LogP contribution >= 0.6 is 0 Å². The minimum Gasteiger partial charge on any atom is -0.349 e. The molecule has 0 aliphatic carbocycles. The Kier molecular flexibility index (Phi) is 7.34. The van der Waals surface area contributed by atoms with Gasteiger partial charge in [-0.1, -0.05) is 89.6 Å². The van der Waals surface area contributed by atoms with Crippen molar-refractivity contribution in [2.24, 2.45) is 0 Å². The van der Waals surface area contributed by atoms with Gasteiger partial charge in [-0.2, -0.15) is 0 Å². The largest absolute Gasteiger partial charge is 0.349 e. The van der Waals surface area contributed by atoms with Gasteiger partial charge in [0.15, 0.2) is 0 Å². The summed E-state index contributed by atoms with van der Waals surface area (Å²) in [4.78, 5) is 9.32. The molecule has 1 radical (unpaired) electrons. The Morgan fingerprint density at radius 1 is 0.511 bits per heavy atom. The van der Waals surface area contributed by atoms with Gasteiger partial charge in [0.1, 0.15) is 0 Å². The molecule has 0 fully saturated rings. The molecule has 0 atom stereocenters. The Labute approximate surface area is 284 Å². The number of imidazole rings is 1. The van der Waals surface area contributed by atoms with E-state index in [1.165, 1.54) is 27.4 Å². The molecule has 10 aromatic rings. The number of pyridine rings is 1. The molecule has 4 nitrogen and oxygen atoms in total. The summed E-state index contributed by atoms with van der Waals surface area (Å²) in [5.74, 6) is 0. The van der Waals surface area contributed by atoms with E-state index < -0.39 is 0 Å². The van der Waals surface area contributed by atoms with E-state index in [-0.39, 0.29) is 20.1 Å². The van der Waals surface area contributed by atoms with Gasteiger partial charge in [0, 0.05) is 31.8 Å². The Morgan fingerprint density at radius 2 is 1.30 bits per heavy atom. The Bertz CT molecular complexity index is 2640. The minimum absolute atomic E-state index is 0. The fourth-order valence-electron chi connectivity index (χ4n) is 6.59. The maximum Gasteiger partial charge on any atom is 0.0774 e. The molecule has 5 heteroatoms. The fraction of sp³-hybridized carbons (Fsp3) is 0. The van der Waals surface area contributed by atoms with Crippen molar-refractivity contribution in [2.75, 3.05) is 0 Å². The molecule has 0 N–H and O–H groups in total. The maximum absolute atomic E-state index is 5.11. The molecule has 47 heavy (non-hydrogen) atoms. The summed E-state index contributed by atoms with van der Waals surface area (Å²) in [6, 6.07) is 59.0. The number of fused-ring (bicyclic) bond motifs is 10. The van der Waals surface area contributed by atoms with E-state index in [4.69, 9.17) is 4.98 Å². The second-order valence-corrected chi connectivity index (χ2v) is 11.3. The van der Waals surface area contributed by atoms with Gasteiger partial charge < -0.3 is 13.8 Å². The summed E-state index contributed by atoms with van der Waals surface area (Å²) in [6.07, 6.45) is 1.79. The molecule has 225 valence electrons. The zero-order valence-electron chi connectivity index (χ0n) is 25.1. The number of nitrogens with zero attached hydrogens (tertiary/aromatic N) is 4. The second kappa shape index (κ2) is 12.0. The Morgan fingerprint density at radius 3 is 2.13 bits per heavy atom. The molecule has 0 aliphatic rings. The first-order chi connectivity index (χ1) is 22.8. The molecule has 0 saturated heterocycles. The number of para-hydroxylation sites is 3. The maximum atomic E-state index is 5.11. The minimum atomic E-state index is 0. The van der Waals surface area contributed by atoms with E-state index in [1.54, 1.807) is 6.20 Å². The van der Waals surface area contributed by atoms with E-state index in [0.29, 0.717) is 0 Å². The van der Waals surface area contributed by atoms with Crippen molar-refractivity contribution in [1.82, 2.24) is 18.8 Å². The van der Waals surface area contributed by atoms with E-state index in [9.17, 15) is 0 Å². The number of rotatable bonds is 2. The van der Waals surface area contributed by atoms with Gasteiger partial charge in [-0.05, 0) is 64.1 Å². The number of aromatic nitrogens is 4. The molecule has 0 spiro atoms. The van der Waals surface area contributed by atoms with E-state index in [0.717, 1.165) is 49.9 Å². The quantitative estimate of drug-likeness (QED) is 0.164. The molecule has 0 saturated carbocycles. The van der Waals surface area contributed by atoms with Crippen LogP contribution in [0.25, 0.3) is 77.3 Å². The van der Waals surface area contributed by atoms with Crippen molar-refractivity contribution in [3.05, 3.63) is 170 Å². The van der Waals surface area contributed by atoms with Crippen LogP contribution in [0.15, 0.2) is 158 Å². The van der Waals surface area contributed by atoms with Crippen LogP contribution < -0.4 is 0 Å². The van der Waals surface area contributed by atoms with Crippen molar-refractivity contribution in [3.63, 3.8) is 0 Å². The number of hydrogen-bond donors (Lipinski definition) is 0. The third-order valence-corrected chi connectivity index (χ3v) is 8.63. The molecule has 10 rings (SSSR count). The molecular formula is C42H26IrN4-2. The zero-order chi connectivity index (χ0) is 30.5. The van der Waals surface area contributed by atoms with Crippen LogP contribution in [0.3, 0.4) is 0 Å². The first kappa shape index (κ1) is 28.8. The Hall–Kier alpha value is -5.61. The average Bonchev–Trinajstić information content (AvgIpc) is 3.66. The smallest absolute Gasteiger partial charge is 0.0774 e. The van der Waals surface area contributed by atoms with E-state index in [2.05, 4.69) is 129 Å². The third kappa shape index (κ3) is 4.80. The summed E-state index contributed by atoms with van der Waals surface area (Å²) in [5.41, 5.74) is 12.1. The summed E-state index contributed by atoms with van der Waals surface area (Å²) < 4.78 is 4.70. The predicted octanol–water partition coefficient (Wildman–Crippen LogP) is 10.2. The Balaban J connectivity index is 0.000000212. The standard InChI is InChI=1S/C31H18N3.C11H8N.Ir/c1-2-9-20(10-3-1)21-17-18-28-29(19-21)33-26-15-6-4-11-22(26)23-12-8-13-24(30(23)33)31-32-25-14-5-7-16-27(25)34(28)31;1-2-6-10(7-3-1)11-8-4-5-9-12-11;/h1-12,14-19H;1-6,8-9H;/q2*-1;. The average molecular weight is 779 g/mol. The van der Waals surface area contributed by atoms with Gasteiger partial charge in [0.25, 0.3) is 0 Å². The van der Waals surface area contributed by atoms with Crippen molar-refractivity contribution in [3.8, 4) is 22.4 Å². The summed E-state index contributed by atoms with van der Waals surface area (Å²) in [5, 5.41) is 3.50. The molecule has 0 unspecified atom stereocenters. The normalized spacial score (nSPS) is 11.2. The number of hydrogen-bond acceptors (Lipinski definition) is 2. The molecule has 0 amide bonds. The van der Waals surface area contributed by atoms with Gasteiger partial charge in [-0.15, -0.1) is 54.1 Å². The zero-order valence-corrected chi connectivity index (χ0v) is 27.5. The van der Waals surface area contributed by atoms with Crippen LogP contribution in [-0.4, -0.2) is 18.8 Å². The van der Waals surface area contributed by atoms with Crippen LogP contribution in [0.5, 0.6) is 0 Å². The van der Waals surface area contributed by atoms with Crippen molar-refractivity contribution in [2.45, 2.75) is 0 Å². The van der Waals surface area contributed by atoms with Crippen LogP contribution in [0, 0.1) is 12.1 Å². The van der Waals surface area contributed by atoms with E-state index >= 15 is 0 Å². The monoisotopic (exact) mass is 779 g/mol. The van der Waals surface area contributed by atoms with Crippen molar-refractivity contribution in [1.29, 1.82) is 0 Å². The SMILES string of the molecule is [Ir].[c-]1ccc2c3ccccc3n3c4cc(-c5ccccc5)ccc4n4c5ccccc5nc4c1c23.[c-]1ccccc1-c1ccccn1. The van der Waals surface area contributed by atoms with Gasteiger partial charge in [-0.25, -0.2) is 0 Å². The molecule has 0 bridgehead atoms. The van der Waals surface area contributed by atoms with Gasteiger partial charge in [0.05, 0.1) is 27.7 Å². The first-order valence-corrected chi connectivity index (χ1v) is 15.4. The van der Waals surface area contributed by atoms with Crippen molar-refractivity contribution < 1.29 is 20.1 Å². The molecule has 4 heterocycles. The molecular weight excluding hydrogens is 753 g/mol. The summed E-state index contributed by atoms with van der Waals surface area (Å²) >= 11 is 0. The summed E-state index contributed by atoms with van der Waals surface area (Å²) in [7, 11) is 0. The van der Waals surface area contributed by atoms with Crippen LogP contribution in [-0.2, 0) is 20.1 Å². The summed E-state index contributed by atoms with van der Waals surface area (Å²) in [6.45, 7) is 0. The number of benzene rings is 6. The topological polar surface area (TPSA) is 34.6 Å². The fourth-order valence-corrected chi connectivity index (χ4v) is 6.59. The van der Waals surface area contributed by atoms with Crippen LogP contribution in [0.1, 0.15) is 0 Å². The van der Waals surface area contributed by atoms with Gasteiger partial charge in [0.2, 0.25) is 0 Å². The van der Waals surface area contributed by atoms with Crippen LogP contribution in [0.2, 0.25) is 0 Å². The van der Waals surface area contributed by atoms with Crippen molar-refractivity contribution >= 4 is 54.9 Å². The molecule has 6 aromatic carbocycles.